The Kier molecular flexibility index (Phi) is 18.6. The highest BCUT2D eigenvalue weighted by Crippen LogP contribution is 2.11. The third kappa shape index (κ3) is 16.1. The van der Waals surface area contributed by atoms with Crippen molar-refractivity contribution in [1.29, 1.82) is 0 Å². The average molecular weight is 499 g/mol. The van der Waals surface area contributed by atoms with Gasteiger partial charge in [0.2, 0.25) is 5.91 Å². The van der Waals surface area contributed by atoms with Gasteiger partial charge in [-0.15, -0.1) is 0 Å². The van der Waals surface area contributed by atoms with Crippen molar-refractivity contribution in [3.8, 4) is 0 Å². The molecule has 2 N–H and O–H groups in total. The quantitative estimate of drug-likeness (QED) is 0.124. The normalized spacial score (nSPS) is 10.5. The van der Waals surface area contributed by atoms with Gasteiger partial charge in [0.1, 0.15) is 17.4 Å². The van der Waals surface area contributed by atoms with E-state index >= 15 is 0 Å². The van der Waals surface area contributed by atoms with Gasteiger partial charge in [-0.05, 0) is 62.3 Å². The molecule has 0 saturated carbocycles. The molecule has 1 aromatic rings. The van der Waals surface area contributed by atoms with Crippen molar-refractivity contribution in [2.24, 2.45) is 0 Å². The van der Waals surface area contributed by atoms with Crippen LogP contribution in [0.1, 0.15) is 84.4 Å². The van der Waals surface area contributed by atoms with Crippen molar-refractivity contribution in [2.45, 2.75) is 81.3 Å². The number of ether oxygens (including phenoxy) is 3. The molecule has 0 atom stereocenters. The highest BCUT2D eigenvalue weighted by molar-refractivity contribution is 6.16. The largest absolute Gasteiger partial charge is 0.500 e. The van der Waals surface area contributed by atoms with Crippen LogP contribution in [0.2, 0.25) is 0 Å². The summed E-state index contributed by atoms with van der Waals surface area (Å²) in [7, 11) is 0. The second kappa shape index (κ2) is 19.1. The summed E-state index contributed by atoms with van der Waals surface area (Å²) in [5.74, 6) is -1.34. The number of esters is 2. The summed E-state index contributed by atoms with van der Waals surface area (Å²) >= 11 is 0. The molecule has 11 heteroatoms. The number of nitrogens with one attached hydrogen (secondary N) is 2. The minimum atomic E-state index is -0.636. The first-order valence-corrected chi connectivity index (χ1v) is 11.6. The molecule has 1 aromatic heterocycles. The third-order valence-corrected chi connectivity index (χ3v) is 3.72. The maximum Gasteiger partial charge on any atom is 0.344 e. The standard InChI is InChI=1S/C10H16N2O2.C9H14O4.C5H12N2O/c1-5-14-10(13)9-6-12(7(2)3)11-8(9)4;1-4-12-6-8(7(3)10)9(11)13-5-2;1-4(2)6-7-5(3)8/h6-7H,5H2,1-4H3;6H,4-5H2,1-3H3;4,6H,1-3H3,(H,7,8). The molecule has 0 aliphatic heterocycles. The molecule has 0 aromatic carbocycles. The average Bonchev–Trinajstić information content (AvgIpc) is 3.16. The number of hydrogen-bond donors (Lipinski definition) is 2. The van der Waals surface area contributed by atoms with Crippen molar-refractivity contribution in [3.63, 3.8) is 0 Å². The summed E-state index contributed by atoms with van der Waals surface area (Å²) in [6.45, 7) is 18.8. The van der Waals surface area contributed by atoms with Crippen molar-refractivity contribution in [1.82, 2.24) is 20.6 Å². The van der Waals surface area contributed by atoms with Crippen LogP contribution in [0.4, 0.5) is 0 Å². The monoisotopic (exact) mass is 498 g/mol. The lowest BCUT2D eigenvalue weighted by molar-refractivity contribution is -0.140. The van der Waals surface area contributed by atoms with Gasteiger partial charge in [0, 0.05) is 25.2 Å². The van der Waals surface area contributed by atoms with E-state index in [9.17, 15) is 19.2 Å². The molecule has 0 radical (unpaired) electrons. The minimum Gasteiger partial charge on any atom is -0.500 e. The number of rotatable bonds is 10. The SMILES string of the molecule is CC(=O)NNC(C)C.CCOC(=O)c1cn(C(C)C)nc1C.CCOC=C(C(C)=O)C(=O)OCC. The zero-order valence-corrected chi connectivity index (χ0v) is 22.7. The van der Waals surface area contributed by atoms with Crippen molar-refractivity contribution in [2.75, 3.05) is 19.8 Å². The molecule has 11 nitrogen and oxygen atoms in total. The van der Waals surface area contributed by atoms with Gasteiger partial charge in [-0.1, -0.05) is 0 Å². The van der Waals surface area contributed by atoms with Crippen LogP contribution in [0.5, 0.6) is 0 Å². The van der Waals surface area contributed by atoms with Gasteiger partial charge in [-0.3, -0.25) is 19.7 Å². The zero-order valence-electron chi connectivity index (χ0n) is 22.7. The smallest absolute Gasteiger partial charge is 0.344 e. The van der Waals surface area contributed by atoms with Gasteiger partial charge in [-0.25, -0.2) is 15.0 Å². The highest BCUT2D eigenvalue weighted by Gasteiger charge is 2.16. The topological polar surface area (TPSA) is 138 Å². The lowest BCUT2D eigenvalue weighted by atomic mass is 10.2. The second-order valence-electron chi connectivity index (χ2n) is 7.67. The maximum absolute atomic E-state index is 11.4. The molecule has 0 bridgehead atoms. The first-order valence-electron chi connectivity index (χ1n) is 11.6. The van der Waals surface area contributed by atoms with Crippen molar-refractivity contribution in [3.05, 3.63) is 29.3 Å². The van der Waals surface area contributed by atoms with Crippen LogP contribution in [0.3, 0.4) is 0 Å². The van der Waals surface area contributed by atoms with E-state index in [0.717, 1.165) is 12.0 Å². The van der Waals surface area contributed by atoms with Gasteiger partial charge in [0.25, 0.3) is 0 Å². The van der Waals surface area contributed by atoms with Crippen molar-refractivity contribution >= 4 is 23.6 Å². The van der Waals surface area contributed by atoms with E-state index in [-0.39, 0.29) is 35.9 Å². The molecule has 1 heterocycles. The van der Waals surface area contributed by atoms with Gasteiger partial charge >= 0.3 is 11.9 Å². The molecule has 35 heavy (non-hydrogen) atoms. The molecular weight excluding hydrogens is 456 g/mol. The zero-order chi connectivity index (χ0) is 27.6. The number of aromatic nitrogens is 2. The fraction of sp³-hybridized carbons (Fsp3) is 0.625. The molecule has 1 rings (SSSR count). The summed E-state index contributed by atoms with van der Waals surface area (Å²) in [6, 6.07) is 0.566. The van der Waals surface area contributed by atoms with Gasteiger partial charge < -0.3 is 14.2 Å². The lowest BCUT2D eigenvalue weighted by Gasteiger charge is -2.06. The summed E-state index contributed by atoms with van der Waals surface area (Å²) in [5, 5.41) is 4.23. The predicted octanol–water partition coefficient (Wildman–Crippen LogP) is 3.04. The number of hydrazine groups is 1. The Bertz CT molecular complexity index is 830. The number of Topliss-reactive ketones (excluding diaryl/α,β-unsaturated/α-hetero) is 1. The number of nitrogens with zero attached hydrogens (tertiary/aromatic N) is 2. The second-order valence-corrected chi connectivity index (χ2v) is 7.67. The third-order valence-electron chi connectivity index (χ3n) is 3.72. The van der Waals surface area contributed by atoms with Gasteiger partial charge in [0.05, 0.1) is 25.5 Å². The van der Waals surface area contributed by atoms with Gasteiger partial charge in [0.15, 0.2) is 5.78 Å². The lowest BCUT2D eigenvalue weighted by Crippen LogP contribution is -2.40. The van der Waals surface area contributed by atoms with E-state index in [1.165, 1.54) is 13.8 Å². The van der Waals surface area contributed by atoms with E-state index in [2.05, 4.69) is 20.7 Å². The number of hydrogen-bond acceptors (Lipinski definition) is 9. The van der Waals surface area contributed by atoms with Gasteiger partial charge in [-0.2, -0.15) is 5.10 Å². The minimum absolute atomic E-state index is 0.0521. The summed E-state index contributed by atoms with van der Waals surface area (Å²) < 4.78 is 16.2. The Hall–Kier alpha value is -3.21. The first kappa shape index (κ1) is 34.0. The van der Waals surface area contributed by atoms with E-state index in [4.69, 9.17) is 9.47 Å². The van der Waals surface area contributed by atoms with Crippen LogP contribution in [-0.2, 0) is 28.6 Å². The Labute approximate surface area is 208 Å². The Morgan fingerprint density at radius 2 is 1.57 bits per heavy atom. The molecule has 0 unspecified atom stereocenters. The van der Waals surface area contributed by atoms with E-state index in [1.54, 1.807) is 31.6 Å². The fourth-order valence-corrected chi connectivity index (χ4v) is 2.05. The Morgan fingerprint density at radius 1 is 1.00 bits per heavy atom. The summed E-state index contributed by atoms with van der Waals surface area (Å²) in [6.07, 6.45) is 2.87. The van der Waals surface area contributed by atoms with Crippen LogP contribution in [0.25, 0.3) is 0 Å². The van der Waals surface area contributed by atoms with Crippen LogP contribution in [0.15, 0.2) is 18.0 Å². The molecule has 0 aliphatic rings. The number of ketones is 1. The summed E-state index contributed by atoms with van der Waals surface area (Å²) in [5.41, 5.74) is 6.42. The molecule has 1 amide bonds. The summed E-state index contributed by atoms with van der Waals surface area (Å²) in [4.78, 5) is 43.6. The number of carbonyl (C=O) groups is 4. The van der Waals surface area contributed by atoms with Crippen LogP contribution in [-0.4, -0.2) is 59.3 Å². The Morgan fingerprint density at radius 3 is 1.91 bits per heavy atom. The number of amides is 1. The predicted molar refractivity (Wildman–Crippen MR) is 132 cm³/mol. The van der Waals surface area contributed by atoms with Crippen molar-refractivity contribution < 1.29 is 33.4 Å². The molecule has 0 spiro atoms. The fourth-order valence-electron chi connectivity index (χ4n) is 2.05. The first-order chi connectivity index (χ1) is 16.3. The molecule has 0 fully saturated rings. The Balaban J connectivity index is 0. The molecule has 0 aliphatic carbocycles. The van der Waals surface area contributed by atoms with Crippen LogP contribution in [0, 0.1) is 6.92 Å². The highest BCUT2D eigenvalue weighted by atomic mass is 16.5. The van der Waals surface area contributed by atoms with E-state index in [0.29, 0.717) is 24.8 Å². The molecule has 0 saturated heterocycles. The van der Waals surface area contributed by atoms with Crippen LogP contribution >= 0.6 is 0 Å². The molecule has 200 valence electrons. The number of aryl methyl sites for hydroxylation is 1. The van der Waals surface area contributed by atoms with E-state index in [1.807, 2.05) is 34.6 Å². The maximum atomic E-state index is 11.4. The molecular formula is C24H42N4O7. The van der Waals surface area contributed by atoms with E-state index < -0.39 is 5.97 Å². The number of carbonyl (C=O) groups excluding carboxylic acids is 4. The van der Waals surface area contributed by atoms with Crippen LogP contribution < -0.4 is 10.9 Å².